The third-order valence-corrected chi connectivity index (χ3v) is 6.59. The van der Waals surface area contributed by atoms with Crippen LogP contribution in [-0.4, -0.2) is 26.6 Å². The van der Waals surface area contributed by atoms with Gasteiger partial charge in [-0.15, -0.1) is 11.8 Å². The highest BCUT2D eigenvalue weighted by Gasteiger charge is 2.16. The lowest BCUT2D eigenvalue weighted by molar-refractivity contribution is 0.0956. The lowest BCUT2D eigenvalue weighted by Gasteiger charge is -2.12. The number of nitrogens with one attached hydrogen (secondary N) is 2. The number of rotatable bonds is 8. The third kappa shape index (κ3) is 5.85. The van der Waals surface area contributed by atoms with Gasteiger partial charge in [-0.3, -0.25) is 9.52 Å². The Morgan fingerprint density at radius 2 is 1.59 bits per heavy atom. The minimum absolute atomic E-state index is 0.173. The van der Waals surface area contributed by atoms with Gasteiger partial charge in [-0.25, -0.2) is 8.42 Å². The molecule has 0 radical (unpaired) electrons. The SMILES string of the molecule is Cc1ccc(C(=O)NCCSc2ccccc2)cc1NS(=O)(=O)c1ccccc1. The smallest absolute Gasteiger partial charge is 0.261 e. The second-order valence-corrected chi connectivity index (χ2v) is 9.22. The van der Waals surface area contributed by atoms with Crippen LogP contribution in [0.4, 0.5) is 5.69 Å². The Balaban J connectivity index is 1.63. The van der Waals surface area contributed by atoms with Crippen molar-refractivity contribution in [2.75, 3.05) is 17.0 Å². The van der Waals surface area contributed by atoms with E-state index in [9.17, 15) is 13.2 Å². The topological polar surface area (TPSA) is 75.3 Å². The third-order valence-electron chi connectivity index (χ3n) is 4.20. The minimum Gasteiger partial charge on any atom is -0.351 e. The predicted octanol–water partition coefficient (Wildman–Crippen LogP) is 4.32. The van der Waals surface area contributed by atoms with Gasteiger partial charge in [0.1, 0.15) is 0 Å². The van der Waals surface area contributed by atoms with E-state index in [1.165, 1.54) is 12.1 Å². The number of amides is 1. The predicted molar refractivity (Wildman–Crippen MR) is 118 cm³/mol. The zero-order valence-corrected chi connectivity index (χ0v) is 17.6. The molecule has 3 rings (SSSR count). The lowest BCUT2D eigenvalue weighted by atomic mass is 10.1. The number of carbonyl (C=O) groups excluding carboxylic acids is 1. The first-order valence-electron chi connectivity index (χ1n) is 9.10. The van der Waals surface area contributed by atoms with Gasteiger partial charge in [-0.1, -0.05) is 42.5 Å². The lowest BCUT2D eigenvalue weighted by Crippen LogP contribution is -2.26. The number of benzene rings is 3. The van der Waals surface area contributed by atoms with Crippen molar-refractivity contribution in [1.82, 2.24) is 5.32 Å². The van der Waals surface area contributed by atoms with Crippen LogP contribution in [-0.2, 0) is 10.0 Å². The molecule has 0 saturated heterocycles. The van der Waals surface area contributed by atoms with Crippen LogP contribution in [0.25, 0.3) is 0 Å². The van der Waals surface area contributed by atoms with Gasteiger partial charge in [0.15, 0.2) is 0 Å². The van der Waals surface area contributed by atoms with Gasteiger partial charge in [0, 0.05) is 22.8 Å². The van der Waals surface area contributed by atoms with Crippen molar-refractivity contribution in [3.63, 3.8) is 0 Å². The molecule has 0 aromatic heterocycles. The Bertz CT molecular complexity index is 1070. The summed E-state index contributed by atoms with van der Waals surface area (Å²) in [4.78, 5) is 13.8. The highest BCUT2D eigenvalue weighted by atomic mass is 32.2. The summed E-state index contributed by atoms with van der Waals surface area (Å²) in [7, 11) is -3.71. The van der Waals surface area contributed by atoms with Crippen LogP contribution in [0.5, 0.6) is 0 Å². The zero-order chi connectivity index (χ0) is 20.7. The fraction of sp³-hybridized carbons (Fsp3) is 0.136. The number of thioether (sulfide) groups is 1. The molecular weight excluding hydrogens is 404 g/mol. The zero-order valence-electron chi connectivity index (χ0n) is 16.0. The van der Waals surface area contributed by atoms with E-state index in [2.05, 4.69) is 10.0 Å². The van der Waals surface area contributed by atoms with E-state index in [0.717, 1.165) is 16.2 Å². The maximum absolute atomic E-state index is 12.6. The Kier molecular flexibility index (Phi) is 6.95. The molecule has 3 aromatic rings. The molecule has 0 unspecified atom stereocenters. The maximum atomic E-state index is 12.6. The molecule has 0 heterocycles. The van der Waals surface area contributed by atoms with E-state index in [0.29, 0.717) is 17.8 Å². The fourth-order valence-electron chi connectivity index (χ4n) is 2.63. The van der Waals surface area contributed by atoms with Gasteiger partial charge in [-0.2, -0.15) is 0 Å². The molecule has 0 spiro atoms. The molecule has 1 amide bonds. The van der Waals surface area contributed by atoms with Crippen molar-refractivity contribution >= 4 is 33.4 Å². The Hall–Kier alpha value is -2.77. The first-order chi connectivity index (χ1) is 14.0. The normalized spacial score (nSPS) is 11.1. The highest BCUT2D eigenvalue weighted by Crippen LogP contribution is 2.21. The summed E-state index contributed by atoms with van der Waals surface area (Å²) in [6, 6.07) is 23.1. The number of sulfonamides is 1. The molecule has 2 N–H and O–H groups in total. The average Bonchev–Trinajstić information content (AvgIpc) is 2.74. The van der Waals surface area contributed by atoms with E-state index in [4.69, 9.17) is 0 Å². The van der Waals surface area contributed by atoms with Crippen molar-refractivity contribution < 1.29 is 13.2 Å². The summed E-state index contributed by atoms with van der Waals surface area (Å²) in [5, 5.41) is 2.87. The maximum Gasteiger partial charge on any atom is 0.261 e. The van der Waals surface area contributed by atoms with Crippen LogP contribution in [0.2, 0.25) is 0 Å². The van der Waals surface area contributed by atoms with E-state index in [1.807, 2.05) is 30.3 Å². The van der Waals surface area contributed by atoms with E-state index in [1.54, 1.807) is 55.1 Å². The largest absolute Gasteiger partial charge is 0.351 e. The van der Waals surface area contributed by atoms with Crippen molar-refractivity contribution in [2.24, 2.45) is 0 Å². The van der Waals surface area contributed by atoms with E-state index < -0.39 is 10.0 Å². The van der Waals surface area contributed by atoms with Gasteiger partial charge >= 0.3 is 0 Å². The second-order valence-electron chi connectivity index (χ2n) is 6.37. The first kappa shape index (κ1) is 21.0. The van der Waals surface area contributed by atoms with Crippen molar-refractivity contribution in [2.45, 2.75) is 16.7 Å². The van der Waals surface area contributed by atoms with Crippen molar-refractivity contribution in [1.29, 1.82) is 0 Å². The summed E-state index contributed by atoms with van der Waals surface area (Å²) in [5.74, 6) is 0.508. The monoisotopic (exact) mass is 426 g/mol. The van der Waals surface area contributed by atoms with E-state index in [-0.39, 0.29) is 10.8 Å². The number of anilines is 1. The Labute approximate surface area is 175 Å². The molecule has 0 aliphatic carbocycles. The number of carbonyl (C=O) groups is 1. The molecule has 0 atom stereocenters. The number of hydrogen-bond donors (Lipinski definition) is 2. The molecule has 5 nitrogen and oxygen atoms in total. The summed E-state index contributed by atoms with van der Waals surface area (Å²) in [5.41, 5.74) is 1.53. The van der Waals surface area contributed by atoms with Crippen LogP contribution in [0.3, 0.4) is 0 Å². The van der Waals surface area contributed by atoms with Crippen molar-refractivity contribution in [3.05, 3.63) is 90.0 Å². The summed E-state index contributed by atoms with van der Waals surface area (Å²) in [6.45, 7) is 2.30. The summed E-state index contributed by atoms with van der Waals surface area (Å²) >= 11 is 1.66. The molecule has 3 aromatic carbocycles. The van der Waals surface area contributed by atoms with Crippen LogP contribution in [0.15, 0.2) is 88.7 Å². The van der Waals surface area contributed by atoms with Gasteiger partial charge in [0.25, 0.3) is 15.9 Å². The molecule has 0 aliphatic rings. The van der Waals surface area contributed by atoms with E-state index >= 15 is 0 Å². The standard InChI is InChI=1S/C22H22N2O3S2/c1-17-12-13-18(22(25)23-14-15-28-19-8-4-2-5-9-19)16-21(17)24-29(26,27)20-10-6-3-7-11-20/h2-13,16,24H,14-15H2,1H3,(H,23,25). The van der Waals surface area contributed by atoms with Crippen molar-refractivity contribution in [3.8, 4) is 0 Å². The quantitative estimate of drug-likeness (QED) is 0.416. The summed E-state index contributed by atoms with van der Waals surface area (Å²) < 4.78 is 27.7. The van der Waals surface area contributed by atoms with Crippen LogP contribution in [0, 0.1) is 6.92 Å². The molecule has 150 valence electrons. The van der Waals surface area contributed by atoms with Gasteiger partial charge < -0.3 is 5.32 Å². The van der Waals surface area contributed by atoms with Gasteiger partial charge in [0.05, 0.1) is 10.6 Å². The molecule has 7 heteroatoms. The Morgan fingerprint density at radius 1 is 0.931 bits per heavy atom. The fourth-order valence-corrected chi connectivity index (χ4v) is 4.56. The molecule has 0 fully saturated rings. The van der Waals surface area contributed by atoms with Crippen LogP contribution < -0.4 is 10.0 Å². The second kappa shape index (κ2) is 9.62. The molecule has 0 aliphatic heterocycles. The molecule has 29 heavy (non-hydrogen) atoms. The average molecular weight is 427 g/mol. The minimum atomic E-state index is -3.71. The summed E-state index contributed by atoms with van der Waals surface area (Å²) in [6.07, 6.45) is 0. The highest BCUT2D eigenvalue weighted by molar-refractivity contribution is 7.99. The molecular formula is C22H22N2O3S2. The Morgan fingerprint density at radius 3 is 2.28 bits per heavy atom. The molecule has 0 saturated carbocycles. The van der Waals surface area contributed by atoms with Crippen LogP contribution >= 0.6 is 11.8 Å². The number of aryl methyl sites for hydroxylation is 1. The van der Waals surface area contributed by atoms with Gasteiger partial charge in [0.2, 0.25) is 0 Å². The van der Waals surface area contributed by atoms with Crippen LogP contribution in [0.1, 0.15) is 15.9 Å². The van der Waals surface area contributed by atoms with Gasteiger partial charge in [-0.05, 0) is 48.9 Å². The first-order valence-corrected chi connectivity index (χ1v) is 11.6. The number of hydrogen-bond acceptors (Lipinski definition) is 4. The molecule has 0 bridgehead atoms.